The largest absolute Gasteiger partial charge is 0.481 e. The van der Waals surface area contributed by atoms with Gasteiger partial charge in [-0.25, -0.2) is 0 Å². The van der Waals surface area contributed by atoms with Crippen molar-refractivity contribution in [1.29, 1.82) is 0 Å². The standard InChI is InChI=1S/C29H37Cl2NO3/c1-18(2)9-14-25(19(3)4)32-27(20-10-12-22(30)13-11-20)24(21-7-6-8-23(31)15-21)16-29(5,28(32)35)17-26(33)34/h6-8,10-13,15,18-19,24-25,27H,9,14,16-17H2,1-5H3,(H,33,34)/t24-,25-,27?,29-/m1/s1. The third-order valence-electron chi connectivity index (χ3n) is 7.30. The first-order chi connectivity index (χ1) is 16.4. The van der Waals surface area contributed by atoms with Crippen LogP contribution in [-0.4, -0.2) is 27.9 Å². The predicted octanol–water partition coefficient (Wildman–Crippen LogP) is 7.99. The monoisotopic (exact) mass is 517 g/mol. The Morgan fingerprint density at radius 2 is 1.69 bits per heavy atom. The number of carbonyl (C=O) groups is 2. The Labute approximate surface area is 219 Å². The summed E-state index contributed by atoms with van der Waals surface area (Å²) >= 11 is 12.6. The minimum Gasteiger partial charge on any atom is -0.481 e. The van der Waals surface area contributed by atoms with Gasteiger partial charge in [-0.2, -0.15) is 0 Å². The van der Waals surface area contributed by atoms with E-state index in [-0.39, 0.29) is 36.2 Å². The first-order valence-electron chi connectivity index (χ1n) is 12.5. The van der Waals surface area contributed by atoms with Crippen LogP contribution in [0.15, 0.2) is 48.5 Å². The molecule has 6 heteroatoms. The lowest BCUT2D eigenvalue weighted by atomic mass is 9.66. The molecule has 0 radical (unpaired) electrons. The van der Waals surface area contributed by atoms with Crippen molar-refractivity contribution >= 4 is 35.1 Å². The molecule has 3 rings (SSSR count). The van der Waals surface area contributed by atoms with Gasteiger partial charge in [-0.3, -0.25) is 9.59 Å². The van der Waals surface area contributed by atoms with Crippen LogP contribution in [0.1, 0.15) is 83.4 Å². The van der Waals surface area contributed by atoms with Gasteiger partial charge in [-0.15, -0.1) is 0 Å². The fourth-order valence-electron chi connectivity index (χ4n) is 5.54. The molecular weight excluding hydrogens is 481 g/mol. The zero-order chi connectivity index (χ0) is 25.9. The van der Waals surface area contributed by atoms with Crippen molar-refractivity contribution in [3.63, 3.8) is 0 Å². The maximum Gasteiger partial charge on any atom is 0.304 e. The number of piperidine rings is 1. The molecule has 0 spiro atoms. The van der Waals surface area contributed by atoms with Crippen LogP contribution in [-0.2, 0) is 9.59 Å². The quantitative estimate of drug-likeness (QED) is 0.366. The van der Waals surface area contributed by atoms with Crippen molar-refractivity contribution in [2.75, 3.05) is 0 Å². The molecule has 190 valence electrons. The third kappa shape index (κ3) is 6.40. The molecule has 2 aromatic rings. The van der Waals surface area contributed by atoms with E-state index in [4.69, 9.17) is 23.2 Å². The molecule has 1 aliphatic rings. The molecule has 0 saturated carbocycles. The summed E-state index contributed by atoms with van der Waals surface area (Å²) in [6.07, 6.45) is 2.06. The zero-order valence-electron chi connectivity index (χ0n) is 21.3. The van der Waals surface area contributed by atoms with E-state index >= 15 is 0 Å². The summed E-state index contributed by atoms with van der Waals surface area (Å²) in [7, 11) is 0. The van der Waals surface area contributed by atoms with Gasteiger partial charge in [0.25, 0.3) is 0 Å². The van der Waals surface area contributed by atoms with Gasteiger partial charge >= 0.3 is 5.97 Å². The Morgan fingerprint density at radius 3 is 2.23 bits per heavy atom. The first kappa shape index (κ1) is 27.5. The highest BCUT2D eigenvalue weighted by Crippen LogP contribution is 2.52. The van der Waals surface area contributed by atoms with Gasteiger partial charge in [0.15, 0.2) is 0 Å². The van der Waals surface area contributed by atoms with E-state index in [1.165, 1.54) is 0 Å². The van der Waals surface area contributed by atoms with Gasteiger partial charge < -0.3 is 10.0 Å². The van der Waals surface area contributed by atoms with Crippen LogP contribution < -0.4 is 0 Å². The minimum atomic E-state index is -1.02. The van der Waals surface area contributed by atoms with Crippen LogP contribution in [0.3, 0.4) is 0 Å². The molecular formula is C29H37Cl2NO3. The average molecular weight is 519 g/mol. The van der Waals surface area contributed by atoms with E-state index in [1.54, 1.807) is 0 Å². The van der Waals surface area contributed by atoms with Crippen molar-refractivity contribution in [1.82, 2.24) is 4.90 Å². The maximum atomic E-state index is 14.3. The van der Waals surface area contributed by atoms with Crippen LogP contribution >= 0.6 is 23.2 Å². The molecule has 1 saturated heterocycles. The molecule has 0 aliphatic carbocycles. The number of carbonyl (C=O) groups excluding carboxylic acids is 1. The average Bonchev–Trinajstić information content (AvgIpc) is 2.76. The molecule has 35 heavy (non-hydrogen) atoms. The van der Waals surface area contributed by atoms with E-state index in [0.29, 0.717) is 22.4 Å². The highest BCUT2D eigenvalue weighted by Gasteiger charge is 2.52. The Hall–Kier alpha value is -2.04. The van der Waals surface area contributed by atoms with Crippen molar-refractivity contribution in [3.05, 3.63) is 69.7 Å². The molecule has 1 aliphatic heterocycles. The molecule has 0 bridgehead atoms. The SMILES string of the molecule is CC(C)CC[C@H](C(C)C)N1C(=O)[C@@](C)(CC(=O)O)C[C@H](c2cccc(Cl)c2)C1c1ccc(Cl)cc1. The summed E-state index contributed by atoms with van der Waals surface area (Å²) in [6.45, 7) is 10.5. The predicted molar refractivity (Wildman–Crippen MR) is 143 cm³/mol. The van der Waals surface area contributed by atoms with E-state index in [2.05, 4.69) is 27.7 Å². The molecule has 0 aromatic heterocycles. The summed E-state index contributed by atoms with van der Waals surface area (Å²) in [6, 6.07) is 15.2. The number of rotatable bonds is 9. The van der Waals surface area contributed by atoms with Crippen LogP contribution in [0.2, 0.25) is 10.0 Å². The van der Waals surface area contributed by atoms with Crippen molar-refractivity contribution < 1.29 is 14.7 Å². The van der Waals surface area contributed by atoms with Crippen LogP contribution in [0.4, 0.5) is 0 Å². The molecule has 1 amide bonds. The van der Waals surface area contributed by atoms with Crippen LogP contribution in [0.5, 0.6) is 0 Å². The third-order valence-corrected chi connectivity index (χ3v) is 7.79. The smallest absolute Gasteiger partial charge is 0.304 e. The van der Waals surface area contributed by atoms with Crippen molar-refractivity contribution in [2.45, 2.75) is 78.3 Å². The normalized spacial score (nSPS) is 23.7. The number of carboxylic acid groups (broad SMARTS) is 1. The zero-order valence-corrected chi connectivity index (χ0v) is 22.8. The van der Waals surface area contributed by atoms with Gasteiger partial charge in [0.1, 0.15) is 0 Å². The number of nitrogens with zero attached hydrogens (tertiary/aromatic N) is 1. The number of aliphatic carboxylic acids is 1. The molecule has 1 fully saturated rings. The fourth-order valence-corrected chi connectivity index (χ4v) is 5.87. The van der Waals surface area contributed by atoms with Gasteiger partial charge in [0.05, 0.1) is 17.9 Å². The fraction of sp³-hybridized carbons (Fsp3) is 0.517. The Bertz CT molecular complexity index is 1040. The number of carboxylic acids is 1. The van der Waals surface area contributed by atoms with Gasteiger partial charge in [-0.05, 0) is 66.5 Å². The topological polar surface area (TPSA) is 57.6 Å². The van der Waals surface area contributed by atoms with E-state index in [0.717, 1.165) is 24.0 Å². The number of hydrogen-bond donors (Lipinski definition) is 1. The number of benzene rings is 2. The van der Waals surface area contributed by atoms with Crippen molar-refractivity contribution in [2.24, 2.45) is 17.3 Å². The lowest BCUT2D eigenvalue weighted by Gasteiger charge is -2.53. The van der Waals surface area contributed by atoms with Crippen LogP contribution in [0.25, 0.3) is 0 Å². The molecule has 1 N–H and O–H groups in total. The Kier molecular flexibility index (Phi) is 8.93. The van der Waals surface area contributed by atoms with Gasteiger partial charge in [0.2, 0.25) is 5.91 Å². The Balaban J connectivity index is 2.24. The number of halogens is 2. The summed E-state index contributed by atoms with van der Waals surface area (Å²) in [5.74, 6) is -0.449. The van der Waals surface area contributed by atoms with Crippen LogP contribution in [0, 0.1) is 17.3 Å². The second-order valence-corrected chi connectivity index (χ2v) is 11.9. The molecule has 4 atom stereocenters. The number of amides is 1. The summed E-state index contributed by atoms with van der Waals surface area (Å²) < 4.78 is 0. The number of likely N-dealkylation sites (tertiary alicyclic amines) is 1. The van der Waals surface area contributed by atoms with E-state index < -0.39 is 11.4 Å². The molecule has 1 heterocycles. The summed E-state index contributed by atoms with van der Waals surface area (Å²) in [5.41, 5.74) is 0.991. The molecule has 4 nitrogen and oxygen atoms in total. The Morgan fingerprint density at radius 1 is 1.03 bits per heavy atom. The molecule has 2 aromatic carbocycles. The van der Waals surface area contributed by atoms with E-state index in [9.17, 15) is 14.7 Å². The highest BCUT2D eigenvalue weighted by atomic mass is 35.5. The lowest BCUT2D eigenvalue weighted by molar-refractivity contribution is -0.162. The summed E-state index contributed by atoms with van der Waals surface area (Å²) in [5, 5.41) is 11.0. The van der Waals surface area contributed by atoms with Gasteiger partial charge in [-0.1, -0.05) is 82.1 Å². The lowest BCUT2D eigenvalue weighted by Crippen LogP contribution is -2.57. The number of hydrogen-bond acceptors (Lipinski definition) is 2. The second-order valence-electron chi connectivity index (χ2n) is 11.0. The highest BCUT2D eigenvalue weighted by molar-refractivity contribution is 6.30. The summed E-state index contributed by atoms with van der Waals surface area (Å²) in [4.78, 5) is 28.2. The second kappa shape index (κ2) is 11.3. The van der Waals surface area contributed by atoms with Crippen molar-refractivity contribution in [3.8, 4) is 0 Å². The van der Waals surface area contributed by atoms with E-state index in [1.807, 2.05) is 60.4 Å². The minimum absolute atomic E-state index is 0.0271. The first-order valence-corrected chi connectivity index (χ1v) is 13.2. The molecule has 1 unspecified atom stereocenters. The maximum absolute atomic E-state index is 14.3. The van der Waals surface area contributed by atoms with Gasteiger partial charge in [0, 0.05) is 22.0 Å².